The summed E-state index contributed by atoms with van der Waals surface area (Å²) in [5, 5.41) is 3.50. The first kappa shape index (κ1) is 8.62. The lowest BCUT2D eigenvalue weighted by Crippen LogP contribution is -2.12. The third-order valence-corrected chi connectivity index (χ3v) is 3.74. The van der Waals surface area contributed by atoms with E-state index >= 15 is 0 Å². The third kappa shape index (κ3) is 1.41. The van der Waals surface area contributed by atoms with Crippen LogP contribution in [0.15, 0.2) is 23.1 Å². The summed E-state index contributed by atoms with van der Waals surface area (Å²) in [6.45, 7) is 1.15. The molecule has 1 atom stereocenters. The van der Waals surface area contributed by atoms with Gasteiger partial charge in [0.15, 0.2) is 0 Å². The molecule has 0 aliphatic carbocycles. The fourth-order valence-corrected chi connectivity index (χ4v) is 2.84. The topological polar surface area (TPSA) is 21.3 Å². The third-order valence-electron chi connectivity index (χ3n) is 2.86. The van der Waals surface area contributed by atoms with E-state index in [1.54, 1.807) is 11.8 Å². The Morgan fingerprint density at radius 1 is 1.43 bits per heavy atom. The van der Waals surface area contributed by atoms with Crippen molar-refractivity contribution in [2.75, 3.05) is 12.5 Å². The number of nitrogens with one attached hydrogen (secondary N) is 1. The van der Waals surface area contributed by atoms with Crippen LogP contribution in [-0.2, 0) is 0 Å². The second-order valence-corrected chi connectivity index (χ2v) is 4.73. The molecule has 1 N–H and O–H groups in total. The summed E-state index contributed by atoms with van der Waals surface area (Å²) in [4.78, 5) is 1.28. The predicted octanol–water partition coefficient (Wildman–Crippen LogP) is 2.55. The van der Waals surface area contributed by atoms with Gasteiger partial charge in [0.2, 0.25) is 0 Å². The number of thioether (sulfide) groups is 1. The normalized spacial score (nSPS) is 24.7. The molecular weight excluding hydrogens is 194 g/mol. The van der Waals surface area contributed by atoms with Crippen LogP contribution in [0, 0.1) is 0 Å². The first-order valence-corrected chi connectivity index (χ1v) is 6.05. The molecule has 1 unspecified atom stereocenters. The predicted molar refractivity (Wildman–Crippen MR) is 57.8 cm³/mol. The standard InChI is InChI=1S/C11H13NOS/c1-2-9(12-5-1)8-3-4-11-10(6-8)13-7-14-11/h3-4,6,9,12H,1-2,5,7H2. The number of benzene rings is 1. The van der Waals surface area contributed by atoms with Gasteiger partial charge in [-0.15, -0.1) is 0 Å². The highest BCUT2D eigenvalue weighted by Gasteiger charge is 2.19. The van der Waals surface area contributed by atoms with E-state index in [0.717, 1.165) is 18.2 Å². The van der Waals surface area contributed by atoms with Crippen molar-refractivity contribution in [3.63, 3.8) is 0 Å². The van der Waals surface area contributed by atoms with Crippen molar-refractivity contribution in [1.82, 2.24) is 5.32 Å². The number of hydrogen-bond acceptors (Lipinski definition) is 3. The van der Waals surface area contributed by atoms with Crippen molar-refractivity contribution in [1.29, 1.82) is 0 Å². The lowest BCUT2D eigenvalue weighted by atomic mass is 10.1. The minimum atomic E-state index is 0.550. The number of rotatable bonds is 1. The second-order valence-electron chi connectivity index (χ2n) is 3.76. The maximum Gasteiger partial charge on any atom is 0.138 e. The van der Waals surface area contributed by atoms with E-state index in [4.69, 9.17) is 4.74 Å². The summed E-state index contributed by atoms with van der Waals surface area (Å²) < 4.78 is 5.53. The second kappa shape index (κ2) is 3.48. The highest BCUT2D eigenvalue weighted by atomic mass is 32.2. The molecule has 0 aromatic heterocycles. The molecule has 14 heavy (non-hydrogen) atoms. The van der Waals surface area contributed by atoms with Gasteiger partial charge < -0.3 is 10.1 Å². The maximum absolute atomic E-state index is 5.53. The molecule has 0 amide bonds. The molecule has 2 aliphatic heterocycles. The molecule has 1 aromatic carbocycles. The van der Waals surface area contributed by atoms with Crippen LogP contribution in [0.3, 0.4) is 0 Å². The van der Waals surface area contributed by atoms with Crippen molar-refractivity contribution in [2.24, 2.45) is 0 Å². The van der Waals surface area contributed by atoms with Crippen molar-refractivity contribution >= 4 is 11.8 Å². The lowest BCUT2D eigenvalue weighted by molar-refractivity contribution is 0.396. The first-order chi connectivity index (χ1) is 6.93. The van der Waals surface area contributed by atoms with E-state index in [-0.39, 0.29) is 0 Å². The summed E-state index contributed by atoms with van der Waals surface area (Å²) >= 11 is 1.78. The van der Waals surface area contributed by atoms with Crippen molar-refractivity contribution < 1.29 is 4.74 Å². The van der Waals surface area contributed by atoms with Gasteiger partial charge in [-0.05, 0) is 37.1 Å². The molecule has 0 spiro atoms. The van der Waals surface area contributed by atoms with Gasteiger partial charge in [-0.25, -0.2) is 0 Å². The number of ether oxygens (including phenoxy) is 1. The van der Waals surface area contributed by atoms with Gasteiger partial charge in [0.05, 0.1) is 4.90 Å². The van der Waals surface area contributed by atoms with Gasteiger partial charge in [-0.3, -0.25) is 0 Å². The highest BCUT2D eigenvalue weighted by Crippen LogP contribution is 2.38. The molecule has 1 aromatic rings. The lowest BCUT2D eigenvalue weighted by Gasteiger charge is -2.11. The molecule has 1 fully saturated rings. The van der Waals surface area contributed by atoms with Crippen LogP contribution < -0.4 is 10.1 Å². The molecule has 3 rings (SSSR count). The fraction of sp³-hybridized carbons (Fsp3) is 0.455. The van der Waals surface area contributed by atoms with Crippen LogP contribution in [0.1, 0.15) is 24.4 Å². The summed E-state index contributed by atoms with van der Waals surface area (Å²) in [5.41, 5.74) is 1.38. The minimum absolute atomic E-state index is 0.550. The molecule has 74 valence electrons. The number of fused-ring (bicyclic) bond motifs is 1. The van der Waals surface area contributed by atoms with Crippen molar-refractivity contribution in [2.45, 2.75) is 23.8 Å². The molecule has 2 heterocycles. The van der Waals surface area contributed by atoms with E-state index in [1.165, 1.54) is 23.3 Å². The van der Waals surface area contributed by atoms with Gasteiger partial charge >= 0.3 is 0 Å². The maximum atomic E-state index is 5.53. The van der Waals surface area contributed by atoms with Crippen LogP contribution in [-0.4, -0.2) is 12.5 Å². The zero-order valence-corrected chi connectivity index (χ0v) is 8.77. The molecule has 0 saturated carbocycles. The van der Waals surface area contributed by atoms with Crippen LogP contribution in [0.4, 0.5) is 0 Å². The van der Waals surface area contributed by atoms with E-state index in [0.29, 0.717) is 6.04 Å². The van der Waals surface area contributed by atoms with Crippen LogP contribution in [0.2, 0.25) is 0 Å². The Bertz CT molecular complexity index is 347. The van der Waals surface area contributed by atoms with E-state index in [1.807, 2.05) is 0 Å². The quantitative estimate of drug-likeness (QED) is 0.764. The minimum Gasteiger partial charge on any atom is -0.481 e. The molecule has 1 saturated heterocycles. The van der Waals surface area contributed by atoms with E-state index in [9.17, 15) is 0 Å². The Hall–Kier alpha value is -0.670. The summed E-state index contributed by atoms with van der Waals surface area (Å²) in [6.07, 6.45) is 2.54. The Morgan fingerprint density at radius 2 is 2.43 bits per heavy atom. The van der Waals surface area contributed by atoms with Crippen molar-refractivity contribution in [3.05, 3.63) is 23.8 Å². The zero-order valence-electron chi connectivity index (χ0n) is 7.95. The Morgan fingerprint density at radius 3 is 3.29 bits per heavy atom. The van der Waals surface area contributed by atoms with Crippen molar-refractivity contribution in [3.8, 4) is 5.75 Å². The van der Waals surface area contributed by atoms with Gasteiger partial charge in [0.25, 0.3) is 0 Å². The monoisotopic (exact) mass is 207 g/mol. The summed E-state index contributed by atoms with van der Waals surface area (Å²) in [7, 11) is 0. The molecule has 3 heteroatoms. The average molecular weight is 207 g/mol. The Balaban J connectivity index is 1.91. The average Bonchev–Trinajstić information content (AvgIpc) is 2.88. The smallest absolute Gasteiger partial charge is 0.138 e. The Labute approximate surface area is 88.0 Å². The summed E-state index contributed by atoms with van der Waals surface area (Å²) in [5.74, 6) is 1.85. The van der Waals surface area contributed by atoms with Gasteiger partial charge in [0.1, 0.15) is 11.7 Å². The molecule has 2 aliphatic rings. The van der Waals surface area contributed by atoms with Gasteiger partial charge in [0, 0.05) is 6.04 Å². The van der Waals surface area contributed by atoms with Crippen LogP contribution >= 0.6 is 11.8 Å². The molecular formula is C11H13NOS. The fourth-order valence-electron chi connectivity index (χ4n) is 2.10. The number of hydrogen-bond donors (Lipinski definition) is 1. The highest BCUT2D eigenvalue weighted by molar-refractivity contribution is 7.99. The molecule has 0 bridgehead atoms. The molecule has 0 radical (unpaired) electrons. The van der Waals surface area contributed by atoms with Crippen LogP contribution in [0.25, 0.3) is 0 Å². The first-order valence-electron chi connectivity index (χ1n) is 5.06. The van der Waals surface area contributed by atoms with Crippen LogP contribution in [0.5, 0.6) is 5.75 Å². The van der Waals surface area contributed by atoms with Gasteiger partial charge in [-0.2, -0.15) is 0 Å². The van der Waals surface area contributed by atoms with E-state index in [2.05, 4.69) is 23.5 Å². The van der Waals surface area contributed by atoms with Gasteiger partial charge in [-0.1, -0.05) is 17.8 Å². The van der Waals surface area contributed by atoms with E-state index < -0.39 is 0 Å². The zero-order chi connectivity index (χ0) is 9.38. The largest absolute Gasteiger partial charge is 0.481 e. The SMILES string of the molecule is c1cc2c(cc1C1CCCN1)OCS2. The summed E-state index contributed by atoms with van der Waals surface area (Å²) in [6, 6.07) is 7.15. The molecule has 2 nitrogen and oxygen atoms in total. The Kier molecular flexibility index (Phi) is 2.14.